The number of rotatable bonds is 0. The predicted molar refractivity (Wildman–Crippen MR) is 53.8 cm³/mol. The fraction of sp³-hybridized carbons (Fsp3) is 0. The van der Waals surface area contributed by atoms with Gasteiger partial charge >= 0.3 is 0 Å². The zero-order chi connectivity index (χ0) is 10.3. The van der Waals surface area contributed by atoms with Crippen molar-refractivity contribution in [3.8, 4) is 0 Å². The maximum absolute atomic E-state index is 4.58. The zero-order valence-electron chi connectivity index (χ0n) is 7.82. The summed E-state index contributed by atoms with van der Waals surface area (Å²) in [5.74, 6) is 0. The molecule has 0 spiro atoms. The monoisotopic (exact) mass is 200 g/mol. The normalized spacial score (nSPS) is 9.33. The summed E-state index contributed by atoms with van der Waals surface area (Å²) in [6.07, 6.45) is 9.56. The molecule has 0 saturated heterocycles. The van der Waals surface area contributed by atoms with Crippen LogP contribution in [0.5, 0.6) is 0 Å². The Morgan fingerprint density at radius 3 is 2.40 bits per heavy atom. The van der Waals surface area contributed by atoms with Crippen molar-refractivity contribution in [3.05, 3.63) is 49.6 Å². The number of fused-ring (bicyclic) bond motifs is 1. The van der Waals surface area contributed by atoms with Crippen molar-refractivity contribution in [1.29, 1.82) is 0 Å². The highest BCUT2D eigenvalue weighted by Crippen LogP contribution is 1.98. The molecule has 3 heterocycles. The highest BCUT2D eigenvalue weighted by molar-refractivity contribution is 5.66. The van der Waals surface area contributed by atoms with E-state index in [1.807, 2.05) is 12.1 Å². The molecule has 0 amide bonds. The van der Waals surface area contributed by atoms with Crippen molar-refractivity contribution < 1.29 is 4.42 Å². The summed E-state index contributed by atoms with van der Waals surface area (Å²) in [5, 5.41) is 0. The van der Waals surface area contributed by atoms with Gasteiger partial charge in [0.2, 0.25) is 0 Å². The second-order valence-corrected chi connectivity index (χ2v) is 2.58. The first-order valence-electron chi connectivity index (χ1n) is 4.31. The van der Waals surface area contributed by atoms with Crippen LogP contribution in [0.15, 0.2) is 54.0 Å². The van der Waals surface area contributed by atoms with E-state index in [-0.39, 0.29) is 0 Å². The van der Waals surface area contributed by atoms with Crippen LogP contribution in [0, 0.1) is 0 Å². The van der Waals surface area contributed by atoms with Gasteiger partial charge in [0.1, 0.15) is 11.8 Å². The maximum atomic E-state index is 4.58. The lowest BCUT2D eigenvalue weighted by Gasteiger charge is -1.89. The van der Waals surface area contributed by atoms with Gasteiger partial charge in [0.05, 0.1) is 18.7 Å². The Labute approximate surface area is 85.8 Å². The summed E-state index contributed by atoms with van der Waals surface area (Å²) in [7, 11) is 0. The first-order chi connectivity index (χ1) is 7.47. The molecule has 3 rings (SSSR count). The van der Waals surface area contributed by atoms with Gasteiger partial charge in [0.15, 0.2) is 5.65 Å². The highest BCUT2D eigenvalue weighted by Gasteiger charge is 1.90. The molecular formula is C10H8N4O. The minimum atomic E-state index is 0.637. The fourth-order valence-electron chi connectivity index (χ4n) is 0.951. The van der Waals surface area contributed by atoms with Gasteiger partial charge < -0.3 is 4.42 Å². The molecule has 0 bridgehead atoms. The molecule has 0 fully saturated rings. The van der Waals surface area contributed by atoms with Crippen LogP contribution in [0.4, 0.5) is 0 Å². The minimum Gasteiger partial charge on any atom is -0.473 e. The average Bonchev–Trinajstić information content (AvgIpc) is 2.88. The van der Waals surface area contributed by atoms with Crippen molar-refractivity contribution in [2.75, 3.05) is 0 Å². The molecule has 74 valence electrons. The van der Waals surface area contributed by atoms with Crippen LogP contribution in [-0.4, -0.2) is 19.9 Å². The second-order valence-electron chi connectivity index (χ2n) is 2.58. The van der Waals surface area contributed by atoms with Crippen LogP contribution in [-0.2, 0) is 0 Å². The molecule has 0 aromatic carbocycles. The van der Waals surface area contributed by atoms with E-state index in [2.05, 4.69) is 24.4 Å². The smallest absolute Gasteiger partial charge is 0.181 e. The molecule has 5 heteroatoms. The SMILES string of the molecule is c1ccoc1.c1cnc2ncncc2n1. The van der Waals surface area contributed by atoms with Gasteiger partial charge in [-0.05, 0) is 12.1 Å². The lowest BCUT2D eigenvalue weighted by Crippen LogP contribution is -1.85. The molecule has 0 atom stereocenters. The van der Waals surface area contributed by atoms with Crippen LogP contribution in [0.1, 0.15) is 0 Å². The summed E-state index contributed by atoms with van der Waals surface area (Å²) >= 11 is 0. The molecule has 0 N–H and O–H groups in total. The van der Waals surface area contributed by atoms with Crippen molar-refractivity contribution >= 4 is 11.2 Å². The molecule has 0 aliphatic rings. The van der Waals surface area contributed by atoms with Crippen molar-refractivity contribution in [1.82, 2.24) is 19.9 Å². The summed E-state index contributed by atoms with van der Waals surface area (Å²) in [5.41, 5.74) is 1.36. The number of aromatic nitrogens is 4. The van der Waals surface area contributed by atoms with Crippen LogP contribution < -0.4 is 0 Å². The van der Waals surface area contributed by atoms with E-state index in [1.54, 1.807) is 31.1 Å². The summed E-state index contributed by atoms with van der Waals surface area (Å²) < 4.78 is 4.58. The molecule has 0 aliphatic carbocycles. The summed E-state index contributed by atoms with van der Waals surface area (Å²) in [4.78, 5) is 15.7. The molecule has 0 unspecified atom stereocenters. The van der Waals surface area contributed by atoms with E-state index in [9.17, 15) is 0 Å². The van der Waals surface area contributed by atoms with Crippen molar-refractivity contribution in [3.63, 3.8) is 0 Å². The Morgan fingerprint density at radius 2 is 1.73 bits per heavy atom. The Morgan fingerprint density at radius 1 is 0.933 bits per heavy atom. The van der Waals surface area contributed by atoms with E-state index in [0.29, 0.717) is 5.65 Å². The van der Waals surface area contributed by atoms with E-state index in [0.717, 1.165) is 5.52 Å². The first kappa shape index (κ1) is 9.26. The van der Waals surface area contributed by atoms with Crippen molar-refractivity contribution in [2.45, 2.75) is 0 Å². The molecule has 0 saturated carbocycles. The largest absolute Gasteiger partial charge is 0.473 e. The minimum absolute atomic E-state index is 0.637. The zero-order valence-corrected chi connectivity index (χ0v) is 7.82. The molecular weight excluding hydrogens is 192 g/mol. The van der Waals surface area contributed by atoms with Gasteiger partial charge in [-0.3, -0.25) is 0 Å². The average molecular weight is 200 g/mol. The Balaban J connectivity index is 0.000000144. The summed E-state index contributed by atoms with van der Waals surface area (Å²) in [6, 6.07) is 3.67. The third kappa shape index (κ3) is 2.57. The molecule has 5 nitrogen and oxygen atoms in total. The van der Waals surface area contributed by atoms with E-state index in [4.69, 9.17) is 0 Å². The quantitative estimate of drug-likeness (QED) is 0.552. The molecule has 0 radical (unpaired) electrons. The van der Waals surface area contributed by atoms with Crippen LogP contribution in [0.2, 0.25) is 0 Å². The van der Waals surface area contributed by atoms with E-state index < -0.39 is 0 Å². The van der Waals surface area contributed by atoms with E-state index in [1.165, 1.54) is 6.33 Å². The predicted octanol–water partition coefficient (Wildman–Crippen LogP) is 1.70. The summed E-state index contributed by atoms with van der Waals surface area (Å²) in [6.45, 7) is 0. The number of furan rings is 1. The molecule has 3 aromatic heterocycles. The number of hydrogen-bond acceptors (Lipinski definition) is 5. The standard InChI is InChI=1S/C6H4N4.C4H4O/c1-2-9-6-5(8-1)3-7-4-10-6;1-2-4-5-3-1/h1-4H;1-4H. The van der Waals surface area contributed by atoms with Crippen LogP contribution in [0.25, 0.3) is 11.2 Å². The third-order valence-corrected chi connectivity index (χ3v) is 1.58. The van der Waals surface area contributed by atoms with Gasteiger partial charge in [-0.15, -0.1) is 0 Å². The lowest BCUT2D eigenvalue weighted by molar-refractivity contribution is 0.567. The fourth-order valence-corrected chi connectivity index (χ4v) is 0.951. The topological polar surface area (TPSA) is 64.7 Å². The Bertz CT molecular complexity index is 427. The third-order valence-electron chi connectivity index (χ3n) is 1.58. The van der Waals surface area contributed by atoms with Crippen LogP contribution >= 0.6 is 0 Å². The van der Waals surface area contributed by atoms with Gasteiger partial charge in [0, 0.05) is 12.4 Å². The van der Waals surface area contributed by atoms with Gasteiger partial charge in [0.25, 0.3) is 0 Å². The Kier molecular flexibility index (Phi) is 2.97. The second kappa shape index (κ2) is 4.80. The first-order valence-corrected chi connectivity index (χ1v) is 4.31. The highest BCUT2D eigenvalue weighted by atomic mass is 16.3. The number of nitrogens with zero attached hydrogens (tertiary/aromatic N) is 4. The van der Waals surface area contributed by atoms with Crippen LogP contribution in [0.3, 0.4) is 0 Å². The van der Waals surface area contributed by atoms with E-state index >= 15 is 0 Å². The maximum Gasteiger partial charge on any atom is 0.181 e. The van der Waals surface area contributed by atoms with Gasteiger partial charge in [-0.25, -0.2) is 19.9 Å². The number of hydrogen-bond donors (Lipinski definition) is 0. The van der Waals surface area contributed by atoms with Gasteiger partial charge in [-0.2, -0.15) is 0 Å². The molecule has 15 heavy (non-hydrogen) atoms. The molecule has 3 aromatic rings. The van der Waals surface area contributed by atoms with Crippen molar-refractivity contribution in [2.24, 2.45) is 0 Å². The van der Waals surface area contributed by atoms with Gasteiger partial charge in [-0.1, -0.05) is 0 Å². The Hall–Kier alpha value is -2.30. The molecule has 0 aliphatic heterocycles. The lowest BCUT2D eigenvalue weighted by atomic mass is 10.5.